The normalized spacial score (nSPS) is 12.3. The summed E-state index contributed by atoms with van der Waals surface area (Å²) in [5, 5.41) is 0. The van der Waals surface area contributed by atoms with E-state index in [2.05, 4.69) is 0 Å². The number of aromatic nitrogens is 1. The number of thiazole rings is 1. The van der Waals surface area contributed by atoms with Gasteiger partial charge >= 0.3 is 0 Å². The van der Waals surface area contributed by atoms with Gasteiger partial charge in [-0.15, -0.1) is 11.3 Å². The van der Waals surface area contributed by atoms with Crippen molar-refractivity contribution in [2.24, 2.45) is 7.05 Å². The Morgan fingerprint density at radius 2 is 1.86 bits per heavy atom. The number of carbonyl (C=O) groups excluding carboxylic acids is 1. The molecule has 6 heteroatoms. The van der Waals surface area contributed by atoms with Gasteiger partial charge in [-0.2, -0.15) is 0 Å². The molecule has 3 rings (SSSR count). The number of hydrogen-bond donors (Lipinski definition) is 0. The minimum Gasteiger partial charge on any atom is -0.497 e. The first kappa shape index (κ1) is 19.6. The number of rotatable bonds is 5. The number of hydrogen-bond acceptors (Lipinski definition) is 5. The summed E-state index contributed by atoms with van der Waals surface area (Å²) < 4.78 is 13.2. The highest BCUT2D eigenvalue weighted by Gasteiger charge is 2.09. The monoisotopic (exact) mass is 395 g/mol. The molecule has 2 aromatic carbocycles. The summed E-state index contributed by atoms with van der Waals surface area (Å²) in [6.07, 6.45) is 3.28. The Morgan fingerprint density at radius 3 is 2.54 bits per heavy atom. The number of carbonyl (C=O) groups is 1. The highest BCUT2D eigenvalue weighted by Crippen LogP contribution is 2.24. The van der Waals surface area contributed by atoms with Crippen molar-refractivity contribution in [1.82, 2.24) is 4.57 Å². The first-order chi connectivity index (χ1) is 13.4. The van der Waals surface area contributed by atoms with Crippen molar-refractivity contribution >= 4 is 29.3 Å². The fourth-order valence-electron chi connectivity index (χ4n) is 2.83. The fraction of sp³-hybridized carbons (Fsp3) is 0.182. The van der Waals surface area contributed by atoms with Gasteiger partial charge in [0.1, 0.15) is 16.2 Å². The van der Waals surface area contributed by atoms with Crippen molar-refractivity contribution in [3.8, 4) is 11.5 Å². The number of nitrogens with zero attached hydrogens (tertiary/aromatic N) is 1. The third-order valence-electron chi connectivity index (χ3n) is 4.45. The first-order valence-corrected chi connectivity index (χ1v) is 9.47. The average Bonchev–Trinajstić information content (AvgIpc) is 2.96. The number of Topliss-reactive ketones (excluding diaryl/α,β-unsaturated/α-hetero) is 1. The van der Waals surface area contributed by atoms with Crippen LogP contribution in [0.3, 0.4) is 0 Å². The zero-order valence-corrected chi connectivity index (χ0v) is 17.0. The zero-order chi connectivity index (χ0) is 20.3. The van der Waals surface area contributed by atoms with Crippen LogP contribution in [-0.2, 0) is 7.05 Å². The Bertz CT molecular complexity index is 1200. The lowest BCUT2D eigenvalue weighted by Crippen LogP contribution is -2.29. The fourth-order valence-corrected chi connectivity index (χ4v) is 3.85. The molecule has 0 amide bonds. The summed E-state index contributed by atoms with van der Waals surface area (Å²) >= 11 is 1.27. The summed E-state index contributed by atoms with van der Waals surface area (Å²) in [6.45, 7) is 1.89. The van der Waals surface area contributed by atoms with Crippen LogP contribution in [0.2, 0.25) is 0 Å². The van der Waals surface area contributed by atoms with E-state index in [4.69, 9.17) is 9.47 Å². The van der Waals surface area contributed by atoms with Crippen LogP contribution >= 0.6 is 11.3 Å². The highest BCUT2D eigenvalue weighted by atomic mass is 32.1. The van der Waals surface area contributed by atoms with Gasteiger partial charge in [0.05, 0.1) is 18.8 Å². The van der Waals surface area contributed by atoms with Crippen LogP contribution in [0, 0.1) is 6.92 Å². The Kier molecular flexibility index (Phi) is 5.80. The molecule has 0 atom stereocenters. The number of ether oxygens (including phenoxy) is 2. The molecule has 0 aliphatic heterocycles. The lowest BCUT2D eigenvalue weighted by molar-refractivity contribution is 0.106. The second-order valence-electron chi connectivity index (χ2n) is 6.24. The Hall–Kier alpha value is -3.12. The largest absolute Gasteiger partial charge is 0.497 e. The Labute approximate surface area is 166 Å². The van der Waals surface area contributed by atoms with Gasteiger partial charge in [-0.25, -0.2) is 0 Å². The molecule has 0 bridgehead atoms. The van der Waals surface area contributed by atoms with E-state index < -0.39 is 0 Å². The molecule has 0 radical (unpaired) electrons. The summed E-state index contributed by atoms with van der Waals surface area (Å²) in [5.74, 6) is 1.16. The van der Waals surface area contributed by atoms with Crippen LogP contribution in [0.4, 0.5) is 0 Å². The van der Waals surface area contributed by atoms with E-state index >= 15 is 0 Å². The molecule has 1 heterocycles. The van der Waals surface area contributed by atoms with Crippen LogP contribution in [0.1, 0.15) is 21.5 Å². The van der Waals surface area contributed by atoms with Gasteiger partial charge in [0, 0.05) is 30.3 Å². The molecule has 1 aromatic heterocycles. The minimum absolute atomic E-state index is 0.122. The van der Waals surface area contributed by atoms with Crippen molar-refractivity contribution in [2.75, 3.05) is 14.2 Å². The van der Waals surface area contributed by atoms with Gasteiger partial charge in [-0.3, -0.25) is 9.59 Å². The minimum atomic E-state index is -0.160. The summed E-state index contributed by atoms with van der Waals surface area (Å²) in [5.41, 5.74) is 2.14. The van der Waals surface area contributed by atoms with E-state index in [1.807, 2.05) is 31.2 Å². The molecule has 0 saturated heterocycles. The second-order valence-corrected chi connectivity index (χ2v) is 7.31. The number of ketones is 1. The Balaban J connectivity index is 2.10. The second kappa shape index (κ2) is 8.27. The summed E-state index contributed by atoms with van der Waals surface area (Å²) in [7, 11) is 4.82. The van der Waals surface area contributed by atoms with Crippen molar-refractivity contribution in [1.29, 1.82) is 0 Å². The molecule has 5 nitrogen and oxygen atoms in total. The van der Waals surface area contributed by atoms with E-state index in [0.717, 1.165) is 11.1 Å². The van der Waals surface area contributed by atoms with Gasteiger partial charge in [0.2, 0.25) is 0 Å². The molecule has 3 aromatic rings. The number of benzene rings is 2. The van der Waals surface area contributed by atoms with Crippen LogP contribution in [0.25, 0.3) is 12.2 Å². The highest BCUT2D eigenvalue weighted by molar-refractivity contribution is 7.07. The molecular formula is C22H21NO4S. The van der Waals surface area contributed by atoms with Crippen molar-refractivity contribution in [3.05, 3.63) is 78.7 Å². The zero-order valence-electron chi connectivity index (χ0n) is 16.2. The van der Waals surface area contributed by atoms with Crippen LogP contribution in [0.15, 0.2) is 47.3 Å². The smallest absolute Gasteiger partial charge is 0.268 e. The molecular weight excluding hydrogens is 374 g/mol. The lowest BCUT2D eigenvalue weighted by atomic mass is 10.1. The quantitative estimate of drug-likeness (QED) is 0.622. The third kappa shape index (κ3) is 3.92. The standard InChI is InChI=1S/C22H21NO4S/c1-14-7-5-6-8-17(14)18(24)13-21-23(2)22(25)20(28-21)11-15-9-10-16(26-3)12-19(15)27-4/h5-13H,1-4H3/b20-11-,21-13-. The van der Waals surface area contributed by atoms with Crippen LogP contribution in [0.5, 0.6) is 11.5 Å². The molecule has 0 fully saturated rings. The van der Waals surface area contributed by atoms with Gasteiger partial charge in [-0.05, 0) is 30.7 Å². The predicted molar refractivity (Wildman–Crippen MR) is 112 cm³/mol. The third-order valence-corrected chi connectivity index (χ3v) is 5.57. The molecule has 0 N–H and O–H groups in total. The molecule has 0 spiro atoms. The predicted octanol–water partition coefficient (Wildman–Crippen LogP) is 2.26. The van der Waals surface area contributed by atoms with Crippen molar-refractivity contribution < 1.29 is 14.3 Å². The number of methoxy groups -OCH3 is 2. The van der Waals surface area contributed by atoms with E-state index in [0.29, 0.717) is 26.3 Å². The SMILES string of the molecule is COc1ccc(/C=c2\s/c(=C\C(=O)c3ccccc3C)n(C)c2=O)c(OC)c1. The van der Waals surface area contributed by atoms with E-state index in [1.165, 1.54) is 22.0 Å². The lowest BCUT2D eigenvalue weighted by Gasteiger charge is -2.06. The molecule has 0 unspecified atom stereocenters. The van der Waals surface area contributed by atoms with Crippen LogP contribution < -0.4 is 24.2 Å². The molecule has 0 aliphatic carbocycles. The van der Waals surface area contributed by atoms with E-state index in [1.54, 1.807) is 45.5 Å². The van der Waals surface area contributed by atoms with Gasteiger partial charge in [-0.1, -0.05) is 24.3 Å². The van der Waals surface area contributed by atoms with Crippen LogP contribution in [-0.4, -0.2) is 24.6 Å². The van der Waals surface area contributed by atoms with E-state index in [9.17, 15) is 9.59 Å². The van der Waals surface area contributed by atoms with Gasteiger partial charge in [0.25, 0.3) is 5.56 Å². The molecule has 28 heavy (non-hydrogen) atoms. The van der Waals surface area contributed by atoms with E-state index in [-0.39, 0.29) is 11.3 Å². The van der Waals surface area contributed by atoms with Gasteiger partial charge in [0.15, 0.2) is 5.78 Å². The Morgan fingerprint density at radius 1 is 1.11 bits per heavy atom. The maximum atomic E-state index is 12.6. The van der Waals surface area contributed by atoms with Crippen molar-refractivity contribution in [3.63, 3.8) is 0 Å². The maximum absolute atomic E-state index is 12.6. The first-order valence-electron chi connectivity index (χ1n) is 8.66. The molecule has 0 saturated carbocycles. The topological polar surface area (TPSA) is 57.5 Å². The summed E-state index contributed by atoms with van der Waals surface area (Å²) in [6, 6.07) is 12.8. The molecule has 144 valence electrons. The molecule has 0 aliphatic rings. The average molecular weight is 395 g/mol. The summed E-state index contributed by atoms with van der Waals surface area (Å²) in [4.78, 5) is 25.3. The van der Waals surface area contributed by atoms with Gasteiger partial charge < -0.3 is 14.0 Å². The maximum Gasteiger partial charge on any atom is 0.268 e. The van der Waals surface area contributed by atoms with Crippen molar-refractivity contribution in [2.45, 2.75) is 6.92 Å². The number of aryl methyl sites for hydroxylation is 1.